The van der Waals surface area contributed by atoms with Crippen molar-refractivity contribution in [2.24, 2.45) is 0 Å². The summed E-state index contributed by atoms with van der Waals surface area (Å²) in [5.41, 5.74) is 1.11. The molecular weight excluding hydrogens is 190 g/mol. The van der Waals surface area contributed by atoms with Crippen molar-refractivity contribution in [3.8, 4) is 0 Å². The number of aliphatic hydroxyl groups excluding tert-OH is 1. The molecule has 0 radical (unpaired) electrons. The predicted octanol–water partition coefficient (Wildman–Crippen LogP) is 1.14. The van der Waals surface area contributed by atoms with E-state index in [2.05, 4.69) is 15.1 Å². The Morgan fingerprint density at radius 3 is 3.13 bits per heavy atom. The van der Waals surface area contributed by atoms with Gasteiger partial charge in [0.25, 0.3) is 0 Å². The number of aryl methyl sites for hydroxylation is 1. The number of rotatable bonds is 2. The highest BCUT2D eigenvalue weighted by atomic mass is 16.3. The molecule has 0 spiro atoms. The summed E-state index contributed by atoms with van der Waals surface area (Å²) in [7, 11) is 0. The Morgan fingerprint density at radius 2 is 2.40 bits per heavy atom. The fraction of sp³-hybridized carbons (Fsp3) is 0.636. The van der Waals surface area contributed by atoms with Gasteiger partial charge < -0.3 is 10.0 Å². The highest BCUT2D eigenvalue weighted by molar-refractivity contribution is 5.40. The molecule has 15 heavy (non-hydrogen) atoms. The Labute approximate surface area is 89.9 Å². The standard InChI is InChI=1S/C11H17N3O/c1-9-6-11(13-12-7-9)14-5-3-2-4-10(14)8-15/h6-7,10,15H,2-5,8H2,1H3. The van der Waals surface area contributed by atoms with Crippen LogP contribution in [0, 0.1) is 6.92 Å². The topological polar surface area (TPSA) is 49.2 Å². The second kappa shape index (κ2) is 4.57. The van der Waals surface area contributed by atoms with Crippen molar-refractivity contribution >= 4 is 5.82 Å². The first-order valence-corrected chi connectivity index (χ1v) is 5.48. The second-order valence-electron chi connectivity index (χ2n) is 4.12. The van der Waals surface area contributed by atoms with Crippen molar-refractivity contribution in [1.82, 2.24) is 10.2 Å². The molecule has 1 saturated heterocycles. The average Bonchev–Trinajstić information content (AvgIpc) is 2.29. The number of hydrogen-bond donors (Lipinski definition) is 1. The van der Waals surface area contributed by atoms with Crippen molar-refractivity contribution in [3.63, 3.8) is 0 Å². The van der Waals surface area contributed by atoms with E-state index in [0.29, 0.717) is 0 Å². The first-order chi connectivity index (χ1) is 7.31. The molecule has 1 unspecified atom stereocenters. The van der Waals surface area contributed by atoms with Gasteiger partial charge in [-0.15, -0.1) is 5.10 Å². The van der Waals surface area contributed by atoms with Gasteiger partial charge in [0.1, 0.15) is 0 Å². The maximum absolute atomic E-state index is 9.30. The Balaban J connectivity index is 2.20. The predicted molar refractivity (Wildman–Crippen MR) is 58.8 cm³/mol. The highest BCUT2D eigenvalue weighted by Gasteiger charge is 2.22. The summed E-state index contributed by atoms with van der Waals surface area (Å²) < 4.78 is 0. The molecule has 4 nitrogen and oxygen atoms in total. The minimum Gasteiger partial charge on any atom is -0.394 e. The van der Waals surface area contributed by atoms with Crippen molar-refractivity contribution < 1.29 is 5.11 Å². The van der Waals surface area contributed by atoms with Crippen LogP contribution in [-0.2, 0) is 0 Å². The molecule has 0 saturated carbocycles. The van der Waals surface area contributed by atoms with Crippen LogP contribution in [0.5, 0.6) is 0 Å². The maximum Gasteiger partial charge on any atom is 0.151 e. The number of aromatic nitrogens is 2. The molecule has 2 rings (SSSR count). The van der Waals surface area contributed by atoms with Crippen molar-refractivity contribution in [3.05, 3.63) is 17.8 Å². The number of nitrogens with zero attached hydrogens (tertiary/aromatic N) is 3. The van der Waals surface area contributed by atoms with E-state index >= 15 is 0 Å². The van der Waals surface area contributed by atoms with Crippen LogP contribution in [0.25, 0.3) is 0 Å². The summed E-state index contributed by atoms with van der Waals surface area (Å²) in [6.07, 6.45) is 5.17. The van der Waals surface area contributed by atoms with Crippen LogP contribution in [0.4, 0.5) is 5.82 Å². The first kappa shape index (κ1) is 10.4. The van der Waals surface area contributed by atoms with Crippen molar-refractivity contribution in [2.75, 3.05) is 18.1 Å². The zero-order valence-electron chi connectivity index (χ0n) is 9.06. The van der Waals surface area contributed by atoms with Crippen LogP contribution < -0.4 is 4.90 Å². The van der Waals surface area contributed by atoms with Gasteiger partial charge in [0.2, 0.25) is 0 Å². The van der Waals surface area contributed by atoms with Gasteiger partial charge in [-0.1, -0.05) is 0 Å². The zero-order chi connectivity index (χ0) is 10.7. The van der Waals surface area contributed by atoms with Crippen LogP contribution in [0.1, 0.15) is 24.8 Å². The van der Waals surface area contributed by atoms with Gasteiger partial charge in [0, 0.05) is 6.54 Å². The van der Waals surface area contributed by atoms with Crippen molar-refractivity contribution in [2.45, 2.75) is 32.2 Å². The van der Waals surface area contributed by atoms with E-state index in [1.807, 2.05) is 13.0 Å². The Kier molecular flexibility index (Phi) is 3.16. The van der Waals surface area contributed by atoms with E-state index in [1.54, 1.807) is 6.20 Å². The van der Waals surface area contributed by atoms with Crippen LogP contribution in [0.2, 0.25) is 0 Å². The quantitative estimate of drug-likeness (QED) is 0.790. The van der Waals surface area contributed by atoms with E-state index in [4.69, 9.17) is 0 Å². The normalized spacial score (nSPS) is 21.7. The minimum absolute atomic E-state index is 0.204. The van der Waals surface area contributed by atoms with Crippen LogP contribution in [0.15, 0.2) is 12.3 Å². The monoisotopic (exact) mass is 207 g/mol. The minimum atomic E-state index is 0.204. The third kappa shape index (κ3) is 2.26. The Hall–Kier alpha value is -1.16. The Morgan fingerprint density at radius 1 is 1.53 bits per heavy atom. The summed E-state index contributed by atoms with van der Waals surface area (Å²) in [5, 5.41) is 17.4. The lowest BCUT2D eigenvalue weighted by Gasteiger charge is -2.35. The van der Waals surface area contributed by atoms with Gasteiger partial charge in [-0.25, -0.2) is 0 Å². The maximum atomic E-state index is 9.30. The molecule has 0 aromatic carbocycles. The van der Waals surface area contributed by atoms with Gasteiger partial charge >= 0.3 is 0 Å². The lowest BCUT2D eigenvalue weighted by molar-refractivity contribution is 0.239. The fourth-order valence-electron chi connectivity index (χ4n) is 2.08. The van der Waals surface area contributed by atoms with Crippen molar-refractivity contribution in [1.29, 1.82) is 0 Å². The van der Waals surface area contributed by atoms with Gasteiger partial charge in [-0.3, -0.25) is 0 Å². The molecule has 1 atom stereocenters. The zero-order valence-corrected chi connectivity index (χ0v) is 9.06. The highest BCUT2D eigenvalue weighted by Crippen LogP contribution is 2.22. The molecule has 1 fully saturated rings. The number of anilines is 1. The summed E-state index contributed by atoms with van der Waals surface area (Å²) in [5.74, 6) is 0.897. The third-order valence-electron chi connectivity index (χ3n) is 2.91. The molecule has 1 N–H and O–H groups in total. The average molecular weight is 207 g/mol. The molecule has 82 valence electrons. The Bertz CT molecular complexity index is 329. The molecule has 4 heteroatoms. The molecular formula is C11H17N3O. The lowest BCUT2D eigenvalue weighted by Crippen LogP contribution is -2.42. The third-order valence-corrected chi connectivity index (χ3v) is 2.91. The smallest absolute Gasteiger partial charge is 0.151 e. The molecule has 0 amide bonds. The summed E-state index contributed by atoms with van der Waals surface area (Å²) in [6, 6.07) is 2.25. The number of aliphatic hydroxyl groups is 1. The summed E-state index contributed by atoms with van der Waals surface area (Å²) in [4.78, 5) is 2.17. The summed E-state index contributed by atoms with van der Waals surface area (Å²) in [6.45, 7) is 3.19. The molecule has 1 aromatic rings. The molecule has 1 aromatic heterocycles. The van der Waals surface area contributed by atoms with E-state index in [9.17, 15) is 5.11 Å². The second-order valence-corrected chi connectivity index (χ2v) is 4.12. The van der Waals surface area contributed by atoms with E-state index < -0.39 is 0 Å². The van der Waals surface area contributed by atoms with Crippen LogP contribution in [0.3, 0.4) is 0 Å². The van der Waals surface area contributed by atoms with Gasteiger partial charge in [0.15, 0.2) is 5.82 Å². The lowest BCUT2D eigenvalue weighted by atomic mass is 10.0. The number of hydrogen-bond acceptors (Lipinski definition) is 4. The van der Waals surface area contributed by atoms with E-state index in [-0.39, 0.29) is 12.6 Å². The fourth-order valence-corrected chi connectivity index (χ4v) is 2.08. The van der Waals surface area contributed by atoms with Gasteiger partial charge in [-0.05, 0) is 37.8 Å². The van der Waals surface area contributed by atoms with E-state index in [1.165, 1.54) is 12.8 Å². The molecule has 1 aliphatic rings. The van der Waals surface area contributed by atoms with Gasteiger partial charge in [-0.2, -0.15) is 5.10 Å². The van der Waals surface area contributed by atoms with Crippen LogP contribution >= 0.6 is 0 Å². The van der Waals surface area contributed by atoms with Gasteiger partial charge in [0.05, 0.1) is 18.8 Å². The van der Waals surface area contributed by atoms with Crippen LogP contribution in [-0.4, -0.2) is 34.5 Å². The van der Waals surface area contributed by atoms with E-state index in [0.717, 1.165) is 24.3 Å². The summed E-state index contributed by atoms with van der Waals surface area (Å²) >= 11 is 0. The molecule has 0 bridgehead atoms. The molecule has 2 heterocycles. The largest absolute Gasteiger partial charge is 0.394 e. The first-order valence-electron chi connectivity index (χ1n) is 5.48. The number of piperidine rings is 1. The SMILES string of the molecule is Cc1cnnc(N2CCCCC2CO)c1. The molecule has 1 aliphatic heterocycles. The molecule has 0 aliphatic carbocycles.